The number of benzene rings is 2. The van der Waals surface area contributed by atoms with E-state index in [1.807, 2.05) is 24.3 Å². The van der Waals surface area contributed by atoms with Crippen LogP contribution >= 0.6 is 0 Å². The van der Waals surface area contributed by atoms with Crippen LogP contribution in [-0.4, -0.2) is 33.5 Å². The Balaban J connectivity index is 1.59. The molecule has 1 fully saturated rings. The van der Waals surface area contributed by atoms with Gasteiger partial charge < -0.3 is 10.2 Å². The van der Waals surface area contributed by atoms with Gasteiger partial charge in [0.2, 0.25) is 15.9 Å². The molecule has 1 heterocycles. The van der Waals surface area contributed by atoms with Gasteiger partial charge in [-0.15, -0.1) is 0 Å². The lowest BCUT2D eigenvalue weighted by Crippen LogP contribution is -2.41. The van der Waals surface area contributed by atoms with Crippen LogP contribution in [-0.2, 0) is 14.8 Å². The number of sulfonamides is 1. The first kappa shape index (κ1) is 20.3. The highest BCUT2D eigenvalue weighted by Gasteiger charge is 2.22. The van der Waals surface area contributed by atoms with E-state index in [0.29, 0.717) is 5.69 Å². The molecule has 1 saturated heterocycles. The van der Waals surface area contributed by atoms with Crippen molar-refractivity contribution in [1.82, 2.24) is 4.72 Å². The Labute approximate surface area is 164 Å². The molecule has 2 N–H and O–H groups in total. The first-order chi connectivity index (χ1) is 13.3. The van der Waals surface area contributed by atoms with Crippen LogP contribution in [0.1, 0.15) is 26.2 Å². The minimum Gasteiger partial charge on any atom is -0.372 e. The van der Waals surface area contributed by atoms with E-state index in [9.17, 15) is 17.6 Å². The number of carbonyl (C=O) groups is 1. The summed E-state index contributed by atoms with van der Waals surface area (Å²) in [7, 11) is -3.92. The van der Waals surface area contributed by atoms with E-state index in [4.69, 9.17) is 0 Å². The Bertz CT molecular complexity index is 909. The number of halogens is 1. The number of nitrogens with zero attached hydrogens (tertiary/aromatic N) is 1. The molecule has 1 aliphatic rings. The predicted molar refractivity (Wildman–Crippen MR) is 107 cm³/mol. The summed E-state index contributed by atoms with van der Waals surface area (Å²) in [4.78, 5) is 14.6. The summed E-state index contributed by atoms with van der Waals surface area (Å²) in [6.45, 7) is 3.53. The van der Waals surface area contributed by atoms with Crippen LogP contribution in [0.25, 0.3) is 0 Å². The number of amides is 1. The van der Waals surface area contributed by atoms with Crippen molar-refractivity contribution in [2.24, 2.45) is 0 Å². The highest BCUT2D eigenvalue weighted by atomic mass is 32.2. The second kappa shape index (κ2) is 8.70. The molecule has 2 aromatic rings. The minimum absolute atomic E-state index is 0.0977. The molecular weight excluding hydrogens is 381 g/mol. The van der Waals surface area contributed by atoms with Crippen LogP contribution in [0.4, 0.5) is 15.8 Å². The molecule has 2 aromatic carbocycles. The third kappa shape index (κ3) is 5.08. The van der Waals surface area contributed by atoms with Crippen molar-refractivity contribution in [2.45, 2.75) is 37.1 Å². The zero-order chi connectivity index (χ0) is 20.1. The number of hydrogen-bond acceptors (Lipinski definition) is 4. The van der Waals surface area contributed by atoms with E-state index in [-0.39, 0.29) is 4.90 Å². The van der Waals surface area contributed by atoms with Crippen molar-refractivity contribution >= 4 is 27.3 Å². The molecule has 3 rings (SSSR count). The number of hydrogen-bond donors (Lipinski definition) is 2. The summed E-state index contributed by atoms with van der Waals surface area (Å²) in [5.74, 6) is -1.01. The molecular formula is C20H24FN3O3S. The van der Waals surface area contributed by atoms with Crippen molar-refractivity contribution in [3.63, 3.8) is 0 Å². The minimum atomic E-state index is -3.92. The fraction of sp³-hybridized carbons (Fsp3) is 0.350. The van der Waals surface area contributed by atoms with Crippen molar-refractivity contribution < 1.29 is 17.6 Å². The molecule has 28 heavy (non-hydrogen) atoms. The van der Waals surface area contributed by atoms with Gasteiger partial charge in [-0.1, -0.05) is 0 Å². The van der Waals surface area contributed by atoms with E-state index in [2.05, 4.69) is 14.9 Å². The number of carbonyl (C=O) groups excluding carboxylic acids is 1. The Morgan fingerprint density at radius 3 is 2.21 bits per heavy atom. The lowest BCUT2D eigenvalue weighted by atomic mass is 10.1. The first-order valence-corrected chi connectivity index (χ1v) is 10.8. The summed E-state index contributed by atoms with van der Waals surface area (Å²) in [6.07, 6.45) is 3.63. The maximum atomic E-state index is 13.0. The lowest BCUT2D eigenvalue weighted by molar-refractivity contribution is -0.117. The van der Waals surface area contributed by atoms with Gasteiger partial charge in [0.25, 0.3) is 0 Å². The maximum Gasteiger partial charge on any atom is 0.242 e. The van der Waals surface area contributed by atoms with E-state index in [0.717, 1.165) is 43.0 Å². The Morgan fingerprint density at radius 1 is 1.00 bits per heavy atom. The van der Waals surface area contributed by atoms with Gasteiger partial charge in [-0.2, -0.15) is 4.72 Å². The number of piperidine rings is 1. The van der Waals surface area contributed by atoms with E-state index in [1.54, 1.807) is 0 Å². The third-order valence-corrected chi connectivity index (χ3v) is 6.26. The molecule has 8 heteroatoms. The summed E-state index contributed by atoms with van der Waals surface area (Å²) < 4.78 is 39.9. The molecule has 1 amide bonds. The standard InChI is InChI=1S/C20H24FN3O3S/c1-15(23-28(26,27)19-11-5-16(21)6-12-19)20(25)22-17-7-9-18(10-8-17)24-13-3-2-4-14-24/h5-12,15,23H,2-4,13-14H2,1H3,(H,22,25)/t15-/m0/s1. The summed E-state index contributed by atoms with van der Waals surface area (Å²) in [6, 6.07) is 11.0. The summed E-state index contributed by atoms with van der Waals surface area (Å²) in [5, 5.41) is 2.71. The second-order valence-electron chi connectivity index (χ2n) is 6.88. The molecule has 0 saturated carbocycles. The zero-order valence-corrected chi connectivity index (χ0v) is 16.5. The molecule has 0 radical (unpaired) electrons. The van der Waals surface area contributed by atoms with Gasteiger partial charge in [-0.3, -0.25) is 4.79 Å². The van der Waals surface area contributed by atoms with Crippen molar-refractivity contribution in [1.29, 1.82) is 0 Å². The van der Waals surface area contributed by atoms with Crippen LogP contribution in [0, 0.1) is 5.82 Å². The van der Waals surface area contributed by atoms with Crippen molar-refractivity contribution in [3.05, 3.63) is 54.3 Å². The number of rotatable bonds is 6. The van der Waals surface area contributed by atoms with Gasteiger partial charge in [0, 0.05) is 24.5 Å². The largest absolute Gasteiger partial charge is 0.372 e. The van der Waals surface area contributed by atoms with Crippen LogP contribution in [0.3, 0.4) is 0 Å². The zero-order valence-electron chi connectivity index (χ0n) is 15.7. The fourth-order valence-corrected chi connectivity index (χ4v) is 4.33. The van der Waals surface area contributed by atoms with Crippen LogP contribution in [0.15, 0.2) is 53.4 Å². The molecule has 150 valence electrons. The predicted octanol–water partition coefficient (Wildman–Crippen LogP) is 3.12. The Kier molecular flexibility index (Phi) is 6.31. The molecule has 0 spiro atoms. The Hall–Kier alpha value is -2.45. The number of anilines is 2. The highest BCUT2D eigenvalue weighted by molar-refractivity contribution is 7.89. The van der Waals surface area contributed by atoms with E-state index < -0.39 is 27.8 Å². The average molecular weight is 405 g/mol. The topological polar surface area (TPSA) is 78.5 Å². The molecule has 0 aromatic heterocycles. The lowest BCUT2D eigenvalue weighted by Gasteiger charge is -2.28. The monoisotopic (exact) mass is 405 g/mol. The quantitative estimate of drug-likeness (QED) is 0.774. The van der Waals surface area contributed by atoms with Crippen LogP contribution in [0.5, 0.6) is 0 Å². The highest BCUT2D eigenvalue weighted by Crippen LogP contribution is 2.22. The molecule has 0 bridgehead atoms. The maximum absolute atomic E-state index is 13.0. The summed E-state index contributed by atoms with van der Waals surface area (Å²) >= 11 is 0. The first-order valence-electron chi connectivity index (χ1n) is 9.29. The molecule has 6 nitrogen and oxygen atoms in total. The van der Waals surface area contributed by atoms with Crippen molar-refractivity contribution in [3.8, 4) is 0 Å². The van der Waals surface area contributed by atoms with E-state index in [1.165, 1.54) is 26.2 Å². The Morgan fingerprint density at radius 2 is 1.61 bits per heavy atom. The number of nitrogens with one attached hydrogen (secondary N) is 2. The second-order valence-corrected chi connectivity index (χ2v) is 8.59. The smallest absolute Gasteiger partial charge is 0.242 e. The van der Waals surface area contributed by atoms with Gasteiger partial charge in [-0.25, -0.2) is 12.8 Å². The van der Waals surface area contributed by atoms with Crippen molar-refractivity contribution in [2.75, 3.05) is 23.3 Å². The molecule has 1 aliphatic heterocycles. The van der Waals surface area contributed by atoms with Crippen LogP contribution < -0.4 is 14.9 Å². The molecule has 1 atom stereocenters. The summed E-state index contributed by atoms with van der Waals surface area (Å²) in [5.41, 5.74) is 1.71. The average Bonchev–Trinajstić information content (AvgIpc) is 2.69. The fourth-order valence-electron chi connectivity index (χ4n) is 3.13. The van der Waals surface area contributed by atoms with Gasteiger partial charge >= 0.3 is 0 Å². The van der Waals surface area contributed by atoms with Crippen LogP contribution in [0.2, 0.25) is 0 Å². The molecule has 0 aliphatic carbocycles. The van der Waals surface area contributed by atoms with Gasteiger partial charge in [-0.05, 0) is 74.7 Å². The molecule has 0 unspecified atom stereocenters. The van der Waals surface area contributed by atoms with Gasteiger partial charge in [0.05, 0.1) is 10.9 Å². The normalized spacial score (nSPS) is 15.9. The third-order valence-electron chi connectivity index (χ3n) is 4.71. The van der Waals surface area contributed by atoms with Gasteiger partial charge in [0.15, 0.2) is 0 Å². The van der Waals surface area contributed by atoms with Gasteiger partial charge in [0.1, 0.15) is 5.82 Å². The SMILES string of the molecule is C[C@H](NS(=O)(=O)c1ccc(F)cc1)C(=O)Nc1ccc(N2CCCCC2)cc1. The van der Waals surface area contributed by atoms with E-state index >= 15 is 0 Å².